The van der Waals surface area contributed by atoms with Crippen molar-refractivity contribution in [3.05, 3.63) is 107 Å². The number of aliphatic hydroxyl groups excluding tert-OH is 1. The number of aliphatic hydroxyl groups is 1. The third-order valence-electron chi connectivity index (χ3n) is 6.37. The predicted octanol–water partition coefficient (Wildman–Crippen LogP) is 3.48. The molecule has 2 atom stereocenters. The second kappa shape index (κ2) is 12.7. The number of aliphatic carboxylic acids is 1. The summed E-state index contributed by atoms with van der Waals surface area (Å²) in [6, 6.07) is 24.8. The molecule has 1 amide bonds. The van der Waals surface area contributed by atoms with E-state index in [0.717, 1.165) is 28.3 Å². The van der Waals surface area contributed by atoms with Crippen LogP contribution in [0.5, 0.6) is 5.75 Å². The molecule has 0 radical (unpaired) electrons. The average molecular weight is 544 g/mol. The fourth-order valence-corrected chi connectivity index (χ4v) is 4.34. The van der Waals surface area contributed by atoms with Crippen LogP contribution in [0.2, 0.25) is 0 Å². The molecule has 0 aliphatic carbocycles. The molecule has 10 nitrogen and oxygen atoms in total. The number of aromatic carboxylic acids is 1. The van der Waals surface area contributed by atoms with Crippen LogP contribution >= 0.6 is 0 Å². The molecule has 1 unspecified atom stereocenters. The van der Waals surface area contributed by atoms with E-state index in [9.17, 15) is 29.7 Å². The summed E-state index contributed by atoms with van der Waals surface area (Å²) in [6.45, 7) is 0.0844. The number of benzene rings is 3. The second-order valence-corrected chi connectivity index (χ2v) is 9.26. The van der Waals surface area contributed by atoms with Crippen molar-refractivity contribution in [3.63, 3.8) is 0 Å². The lowest BCUT2D eigenvalue weighted by Crippen LogP contribution is -2.40. The molecule has 0 bridgehead atoms. The van der Waals surface area contributed by atoms with E-state index in [1.807, 2.05) is 54.6 Å². The van der Waals surface area contributed by atoms with Gasteiger partial charge in [-0.1, -0.05) is 66.7 Å². The van der Waals surface area contributed by atoms with Crippen LogP contribution in [0.1, 0.15) is 38.5 Å². The van der Waals surface area contributed by atoms with E-state index in [0.29, 0.717) is 5.75 Å². The van der Waals surface area contributed by atoms with Crippen LogP contribution in [0.25, 0.3) is 11.1 Å². The molecule has 206 valence electrons. The maximum absolute atomic E-state index is 13.1. The van der Waals surface area contributed by atoms with Crippen molar-refractivity contribution in [2.75, 3.05) is 7.11 Å². The Morgan fingerprint density at radius 1 is 0.900 bits per heavy atom. The number of nitrogens with zero attached hydrogens (tertiary/aromatic N) is 2. The van der Waals surface area contributed by atoms with Crippen molar-refractivity contribution < 1.29 is 34.4 Å². The molecule has 0 fully saturated rings. The molecule has 40 heavy (non-hydrogen) atoms. The van der Waals surface area contributed by atoms with Gasteiger partial charge in [-0.05, 0) is 40.8 Å². The summed E-state index contributed by atoms with van der Waals surface area (Å²) in [5, 5.41) is 35.9. The van der Waals surface area contributed by atoms with Crippen LogP contribution in [0.3, 0.4) is 0 Å². The number of carboxylic acids is 2. The minimum atomic E-state index is -1.70. The quantitative estimate of drug-likeness (QED) is 0.212. The van der Waals surface area contributed by atoms with E-state index in [4.69, 9.17) is 4.74 Å². The highest BCUT2D eigenvalue weighted by molar-refractivity contribution is 5.95. The van der Waals surface area contributed by atoms with E-state index in [1.165, 1.54) is 11.8 Å². The standard InChI is InChI=1S/C30H29N3O7/c1-40-24-9-5-6-20(15-24)18-33-26(29(36)37)17-25(32-33)28(35)31-23(16-27(34)30(38)39)14-19-10-12-22(13-11-19)21-7-3-2-4-8-21/h2-13,15,17,23,27,34H,14,16,18H2,1H3,(H,31,35)(H,36,37)(H,38,39)/t23?,27-/m1/s1. The van der Waals surface area contributed by atoms with E-state index in [2.05, 4.69) is 10.4 Å². The minimum Gasteiger partial charge on any atom is -0.497 e. The van der Waals surface area contributed by atoms with Crippen molar-refractivity contribution in [1.29, 1.82) is 0 Å². The summed E-state index contributed by atoms with van der Waals surface area (Å²) in [4.78, 5) is 36.4. The van der Waals surface area contributed by atoms with Crippen LogP contribution in [0, 0.1) is 0 Å². The number of rotatable bonds is 12. The number of nitrogens with one attached hydrogen (secondary N) is 1. The number of carbonyl (C=O) groups excluding carboxylic acids is 1. The summed E-state index contributed by atoms with van der Waals surface area (Å²) >= 11 is 0. The summed E-state index contributed by atoms with van der Waals surface area (Å²) in [7, 11) is 1.52. The zero-order valence-electron chi connectivity index (χ0n) is 21.7. The van der Waals surface area contributed by atoms with E-state index < -0.39 is 30.0 Å². The van der Waals surface area contributed by atoms with Gasteiger partial charge in [0.15, 0.2) is 11.8 Å². The Balaban J connectivity index is 1.53. The first-order chi connectivity index (χ1) is 19.2. The number of ether oxygens (including phenoxy) is 1. The largest absolute Gasteiger partial charge is 0.497 e. The van der Waals surface area contributed by atoms with Gasteiger partial charge in [0.2, 0.25) is 0 Å². The Bertz CT molecular complexity index is 1480. The Morgan fingerprint density at radius 3 is 2.25 bits per heavy atom. The number of methoxy groups -OCH3 is 1. The molecule has 0 aliphatic rings. The molecule has 0 saturated carbocycles. The van der Waals surface area contributed by atoms with Gasteiger partial charge in [0.1, 0.15) is 11.4 Å². The number of hydrogen-bond donors (Lipinski definition) is 4. The monoisotopic (exact) mass is 543 g/mol. The molecule has 0 aliphatic heterocycles. The number of carboxylic acid groups (broad SMARTS) is 2. The van der Waals surface area contributed by atoms with Crippen molar-refractivity contribution in [3.8, 4) is 16.9 Å². The molecular formula is C30H29N3O7. The Morgan fingerprint density at radius 2 is 1.60 bits per heavy atom. The van der Waals surface area contributed by atoms with E-state index >= 15 is 0 Å². The summed E-state index contributed by atoms with van der Waals surface area (Å²) in [6.07, 6.45) is -1.71. The predicted molar refractivity (Wildman–Crippen MR) is 146 cm³/mol. The molecule has 10 heteroatoms. The maximum atomic E-state index is 13.1. The third kappa shape index (κ3) is 7.12. The van der Waals surface area contributed by atoms with Crippen molar-refractivity contribution in [1.82, 2.24) is 15.1 Å². The van der Waals surface area contributed by atoms with Gasteiger partial charge < -0.3 is 25.4 Å². The molecule has 1 heterocycles. The lowest BCUT2D eigenvalue weighted by Gasteiger charge is -2.20. The van der Waals surface area contributed by atoms with Gasteiger partial charge in [0.25, 0.3) is 5.91 Å². The van der Waals surface area contributed by atoms with Gasteiger partial charge >= 0.3 is 11.9 Å². The second-order valence-electron chi connectivity index (χ2n) is 9.26. The fraction of sp³-hybridized carbons (Fsp3) is 0.200. The number of carbonyl (C=O) groups is 3. The molecule has 1 aromatic heterocycles. The Hall–Kier alpha value is -4.96. The van der Waals surface area contributed by atoms with Crippen molar-refractivity contribution in [2.24, 2.45) is 0 Å². The molecule has 3 aromatic carbocycles. The highest BCUT2D eigenvalue weighted by atomic mass is 16.5. The minimum absolute atomic E-state index is 0.0844. The number of amides is 1. The first kappa shape index (κ1) is 28.1. The lowest BCUT2D eigenvalue weighted by atomic mass is 9.97. The average Bonchev–Trinajstić information content (AvgIpc) is 3.38. The number of hydrogen-bond acceptors (Lipinski definition) is 6. The Kier molecular flexibility index (Phi) is 8.93. The topological polar surface area (TPSA) is 151 Å². The molecule has 4 aromatic rings. The first-order valence-electron chi connectivity index (χ1n) is 12.5. The third-order valence-corrected chi connectivity index (χ3v) is 6.37. The molecular weight excluding hydrogens is 514 g/mol. The van der Waals surface area contributed by atoms with Gasteiger partial charge in [-0.25, -0.2) is 9.59 Å². The van der Waals surface area contributed by atoms with E-state index in [-0.39, 0.29) is 30.8 Å². The molecule has 4 rings (SSSR count). The Labute approximate surface area is 230 Å². The van der Waals surface area contributed by atoms with Crippen molar-refractivity contribution in [2.45, 2.75) is 31.5 Å². The highest BCUT2D eigenvalue weighted by Gasteiger charge is 2.25. The molecule has 4 N–H and O–H groups in total. The normalized spacial score (nSPS) is 12.3. The van der Waals surface area contributed by atoms with Gasteiger partial charge in [0.05, 0.1) is 13.7 Å². The zero-order valence-corrected chi connectivity index (χ0v) is 21.7. The summed E-state index contributed by atoms with van der Waals surface area (Å²) in [5.74, 6) is -2.76. The number of aromatic nitrogens is 2. The van der Waals surface area contributed by atoms with Crippen LogP contribution in [-0.4, -0.2) is 62.2 Å². The highest BCUT2D eigenvalue weighted by Crippen LogP contribution is 2.21. The SMILES string of the molecule is COc1cccc(Cn2nc(C(=O)NC(Cc3ccc(-c4ccccc4)cc3)C[C@@H](O)C(=O)O)cc2C(=O)O)c1. The van der Waals surface area contributed by atoms with Crippen molar-refractivity contribution >= 4 is 17.8 Å². The molecule has 0 spiro atoms. The van der Waals surface area contributed by atoms with Crippen LogP contribution in [-0.2, 0) is 17.8 Å². The fourth-order valence-electron chi connectivity index (χ4n) is 4.34. The van der Waals surface area contributed by atoms with Crippen LogP contribution < -0.4 is 10.1 Å². The van der Waals surface area contributed by atoms with Crippen LogP contribution in [0.15, 0.2) is 84.9 Å². The zero-order chi connectivity index (χ0) is 28.6. The lowest BCUT2D eigenvalue weighted by molar-refractivity contribution is -0.147. The summed E-state index contributed by atoms with van der Waals surface area (Å²) in [5.41, 5.74) is 3.24. The first-order valence-corrected chi connectivity index (χ1v) is 12.5. The summed E-state index contributed by atoms with van der Waals surface area (Å²) < 4.78 is 6.42. The maximum Gasteiger partial charge on any atom is 0.354 e. The van der Waals surface area contributed by atoms with Crippen LogP contribution in [0.4, 0.5) is 0 Å². The molecule has 0 saturated heterocycles. The van der Waals surface area contributed by atoms with Gasteiger partial charge in [-0.2, -0.15) is 5.10 Å². The van der Waals surface area contributed by atoms with Gasteiger partial charge in [-0.3, -0.25) is 9.48 Å². The van der Waals surface area contributed by atoms with Gasteiger partial charge in [-0.15, -0.1) is 0 Å². The smallest absolute Gasteiger partial charge is 0.354 e. The van der Waals surface area contributed by atoms with E-state index in [1.54, 1.807) is 24.3 Å². The van der Waals surface area contributed by atoms with Gasteiger partial charge in [0, 0.05) is 18.5 Å².